The zero-order chi connectivity index (χ0) is 10.0. The lowest BCUT2D eigenvalue weighted by molar-refractivity contribution is -0.214. The molecular weight excluding hydrogens is 180 g/mol. The zero-order valence-electron chi connectivity index (χ0n) is 6.95. The van der Waals surface area contributed by atoms with Gasteiger partial charge in [0.2, 0.25) is 0 Å². The third kappa shape index (κ3) is 2.16. The van der Waals surface area contributed by atoms with Crippen LogP contribution in [0.25, 0.3) is 0 Å². The Hall–Kier alpha value is -0.240. The number of hydrogen-bond donors (Lipinski definition) is 5. The van der Waals surface area contributed by atoms with Gasteiger partial charge in [0.15, 0.2) is 0 Å². The second-order valence-electron chi connectivity index (χ2n) is 3.10. The van der Waals surface area contributed by atoms with Gasteiger partial charge in [0, 0.05) is 0 Å². The largest absolute Gasteiger partial charge is 0.394 e. The molecule has 1 rings (SSSR count). The molecule has 0 aromatic carbocycles. The number of aliphatic hydroxyl groups excluding tert-OH is 5. The normalized spacial score (nSPS) is 43.2. The van der Waals surface area contributed by atoms with Gasteiger partial charge in [0.05, 0.1) is 13.2 Å². The van der Waals surface area contributed by atoms with Crippen molar-refractivity contribution in [2.75, 3.05) is 13.2 Å². The summed E-state index contributed by atoms with van der Waals surface area (Å²) < 4.78 is 4.86. The lowest BCUT2D eigenvalue weighted by atomic mass is 9.97. The van der Waals surface area contributed by atoms with Gasteiger partial charge >= 0.3 is 0 Å². The third-order valence-corrected chi connectivity index (χ3v) is 2.11. The van der Waals surface area contributed by atoms with E-state index in [1.165, 1.54) is 0 Å². The molecule has 0 saturated carbocycles. The van der Waals surface area contributed by atoms with Gasteiger partial charge in [-0.05, 0) is 0 Å². The zero-order valence-corrected chi connectivity index (χ0v) is 6.95. The van der Waals surface area contributed by atoms with Crippen LogP contribution in [0.1, 0.15) is 0 Å². The molecule has 1 fully saturated rings. The number of ether oxygens (including phenoxy) is 1. The van der Waals surface area contributed by atoms with Crippen molar-refractivity contribution in [2.24, 2.45) is 0 Å². The molecule has 78 valence electrons. The van der Waals surface area contributed by atoms with Gasteiger partial charge in [0.25, 0.3) is 0 Å². The minimum atomic E-state index is -1.38. The smallest absolute Gasteiger partial charge is 0.114 e. The van der Waals surface area contributed by atoms with E-state index in [0.29, 0.717) is 0 Å². The van der Waals surface area contributed by atoms with Crippen LogP contribution in [0.3, 0.4) is 0 Å². The maximum absolute atomic E-state index is 9.30. The monoisotopic (exact) mass is 194 g/mol. The van der Waals surface area contributed by atoms with Crippen molar-refractivity contribution in [3.8, 4) is 0 Å². The fourth-order valence-corrected chi connectivity index (χ4v) is 1.27. The van der Waals surface area contributed by atoms with Gasteiger partial charge in [-0.2, -0.15) is 0 Å². The van der Waals surface area contributed by atoms with Gasteiger partial charge in [-0.25, -0.2) is 0 Å². The van der Waals surface area contributed by atoms with Crippen molar-refractivity contribution in [1.82, 2.24) is 0 Å². The Balaban J connectivity index is 2.58. The summed E-state index contributed by atoms with van der Waals surface area (Å²) in [6.45, 7) is -0.732. The summed E-state index contributed by atoms with van der Waals surface area (Å²) in [5.74, 6) is 0. The Morgan fingerprint density at radius 1 is 1.23 bits per heavy atom. The van der Waals surface area contributed by atoms with Gasteiger partial charge in [0.1, 0.15) is 30.5 Å². The Kier molecular flexibility index (Phi) is 3.60. The standard InChI is InChI=1S/C7H14O6/c8-1-3(9)7-6(12)5(11)4(10)2-13-7/h3-12H,1-2H2/t3-,4-,5?,6+,7?/m1/s1. The molecule has 0 aliphatic carbocycles. The van der Waals surface area contributed by atoms with Crippen molar-refractivity contribution >= 4 is 0 Å². The quantitative estimate of drug-likeness (QED) is 0.317. The predicted molar refractivity (Wildman–Crippen MR) is 40.9 cm³/mol. The van der Waals surface area contributed by atoms with Crippen molar-refractivity contribution < 1.29 is 30.3 Å². The summed E-state index contributed by atoms with van der Waals surface area (Å²) in [6.07, 6.45) is -6.19. The average Bonchev–Trinajstić information content (AvgIpc) is 2.13. The summed E-state index contributed by atoms with van der Waals surface area (Å²) in [4.78, 5) is 0. The first kappa shape index (κ1) is 10.8. The van der Waals surface area contributed by atoms with E-state index in [0.717, 1.165) is 0 Å². The average molecular weight is 194 g/mol. The summed E-state index contributed by atoms with van der Waals surface area (Å²) in [5, 5.41) is 45.2. The lowest BCUT2D eigenvalue weighted by Gasteiger charge is -2.36. The highest BCUT2D eigenvalue weighted by Crippen LogP contribution is 2.17. The number of rotatable bonds is 2. The van der Waals surface area contributed by atoms with Crippen LogP contribution in [0.4, 0.5) is 0 Å². The van der Waals surface area contributed by atoms with Crippen LogP contribution < -0.4 is 0 Å². The van der Waals surface area contributed by atoms with Crippen molar-refractivity contribution in [1.29, 1.82) is 0 Å². The summed E-state index contributed by atoms with van der Waals surface area (Å²) in [7, 11) is 0. The van der Waals surface area contributed by atoms with Crippen molar-refractivity contribution in [2.45, 2.75) is 30.5 Å². The third-order valence-electron chi connectivity index (χ3n) is 2.11. The fraction of sp³-hybridized carbons (Fsp3) is 1.00. The SMILES string of the molecule is OC[C@@H](O)C1OC[C@@H](O)C(O)[C@@H]1O. The van der Waals surface area contributed by atoms with Crippen molar-refractivity contribution in [3.63, 3.8) is 0 Å². The van der Waals surface area contributed by atoms with E-state index < -0.39 is 37.1 Å². The molecule has 1 aliphatic rings. The molecule has 6 nitrogen and oxygen atoms in total. The molecule has 2 unspecified atom stereocenters. The van der Waals surface area contributed by atoms with Crippen LogP contribution in [0.2, 0.25) is 0 Å². The van der Waals surface area contributed by atoms with E-state index in [9.17, 15) is 10.2 Å². The van der Waals surface area contributed by atoms with Gasteiger partial charge in [-0.3, -0.25) is 0 Å². The van der Waals surface area contributed by atoms with Gasteiger partial charge in [-0.15, -0.1) is 0 Å². The molecule has 0 aromatic rings. The topological polar surface area (TPSA) is 110 Å². The molecule has 5 N–H and O–H groups in total. The van der Waals surface area contributed by atoms with Gasteiger partial charge in [-0.1, -0.05) is 0 Å². The highest BCUT2D eigenvalue weighted by molar-refractivity contribution is 4.89. The minimum absolute atomic E-state index is 0.167. The first-order valence-electron chi connectivity index (χ1n) is 4.02. The summed E-state index contributed by atoms with van der Waals surface area (Å²) in [5.41, 5.74) is 0. The lowest BCUT2D eigenvalue weighted by Crippen LogP contribution is -2.57. The molecule has 0 amide bonds. The Morgan fingerprint density at radius 3 is 2.38 bits per heavy atom. The summed E-state index contributed by atoms with van der Waals surface area (Å²) >= 11 is 0. The van der Waals surface area contributed by atoms with Crippen LogP contribution in [0.5, 0.6) is 0 Å². The summed E-state index contributed by atoms with van der Waals surface area (Å²) in [6, 6.07) is 0. The maximum Gasteiger partial charge on any atom is 0.114 e. The molecule has 0 bridgehead atoms. The molecule has 5 atom stereocenters. The van der Waals surface area contributed by atoms with Gasteiger partial charge < -0.3 is 30.3 Å². The predicted octanol–water partition coefficient (Wildman–Crippen LogP) is -3.18. The van der Waals surface area contributed by atoms with Crippen LogP contribution in [0.15, 0.2) is 0 Å². The van der Waals surface area contributed by atoms with E-state index >= 15 is 0 Å². The molecular formula is C7H14O6. The number of aliphatic hydroxyl groups is 5. The van der Waals surface area contributed by atoms with Crippen LogP contribution in [0, 0.1) is 0 Å². The molecule has 0 radical (unpaired) electrons. The molecule has 1 heterocycles. The Bertz CT molecular complexity index is 163. The first-order valence-corrected chi connectivity index (χ1v) is 4.02. The molecule has 0 aromatic heterocycles. The first-order chi connectivity index (χ1) is 6.07. The van der Waals surface area contributed by atoms with E-state index in [1.807, 2.05) is 0 Å². The molecule has 1 aliphatic heterocycles. The molecule has 0 spiro atoms. The van der Waals surface area contributed by atoms with E-state index in [2.05, 4.69) is 0 Å². The molecule has 1 saturated heterocycles. The number of hydrogen-bond acceptors (Lipinski definition) is 6. The van der Waals surface area contributed by atoms with E-state index in [1.54, 1.807) is 0 Å². The second kappa shape index (κ2) is 4.32. The van der Waals surface area contributed by atoms with E-state index in [-0.39, 0.29) is 6.61 Å². The molecule has 13 heavy (non-hydrogen) atoms. The highest BCUT2D eigenvalue weighted by Gasteiger charge is 2.40. The minimum Gasteiger partial charge on any atom is -0.394 e. The van der Waals surface area contributed by atoms with Crippen LogP contribution in [-0.2, 0) is 4.74 Å². The van der Waals surface area contributed by atoms with E-state index in [4.69, 9.17) is 20.1 Å². The fourth-order valence-electron chi connectivity index (χ4n) is 1.27. The van der Waals surface area contributed by atoms with Crippen LogP contribution >= 0.6 is 0 Å². The molecule has 6 heteroatoms. The Morgan fingerprint density at radius 2 is 1.85 bits per heavy atom. The van der Waals surface area contributed by atoms with Crippen molar-refractivity contribution in [3.05, 3.63) is 0 Å². The second-order valence-corrected chi connectivity index (χ2v) is 3.10. The van der Waals surface area contributed by atoms with Crippen LogP contribution in [-0.4, -0.2) is 69.3 Å². The highest BCUT2D eigenvalue weighted by atomic mass is 16.5. The maximum atomic E-state index is 9.30. The Labute approximate surface area is 75.0 Å².